The number of aromatic amines is 2. The van der Waals surface area contributed by atoms with Gasteiger partial charge in [-0.1, -0.05) is 26.0 Å². The number of carbonyl (C=O) groups excluding carboxylic acids is 1. The van der Waals surface area contributed by atoms with Crippen LogP contribution in [0, 0.1) is 0 Å². The number of amides is 1. The number of halogens is 1. The van der Waals surface area contributed by atoms with Gasteiger partial charge in [0, 0.05) is 19.0 Å². The summed E-state index contributed by atoms with van der Waals surface area (Å²) < 4.78 is 0.789. The number of fused-ring (bicyclic) bond motifs is 1. The highest BCUT2D eigenvalue weighted by atomic mass is 79.9. The number of hydrogen-bond donors (Lipinski definition) is 2. The second-order valence-electron chi connectivity index (χ2n) is 7.16. The van der Waals surface area contributed by atoms with Crippen molar-refractivity contribution in [2.75, 3.05) is 13.1 Å². The Balaban J connectivity index is 1.45. The molecule has 0 unspecified atom stereocenters. The van der Waals surface area contributed by atoms with Crippen molar-refractivity contribution < 1.29 is 4.79 Å². The van der Waals surface area contributed by atoms with Crippen LogP contribution in [-0.2, 0) is 0 Å². The fraction of sp³-hybridized carbons (Fsp3) is 0.421. The molecule has 4 rings (SSSR count). The molecule has 1 saturated heterocycles. The van der Waals surface area contributed by atoms with Gasteiger partial charge in [0.15, 0.2) is 5.69 Å². The molecule has 1 fully saturated rings. The van der Waals surface area contributed by atoms with Gasteiger partial charge in [-0.15, -0.1) is 0 Å². The maximum Gasteiger partial charge on any atom is 0.275 e. The monoisotopic (exact) mass is 415 g/mol. The molecule has 1 aromatic carbocycles. The quantitative estimate of drug-likeness (QED) is 0.672. The van der Waals surface area contributed by atoms with E-state index in [1.165, 1.54) is 0 Å². The molecule has 0 saturated carbocycles. The zero-order valence-corrected chi connectivity index (χ0v) is 16.5. The molecule has 6 nitrogen and oxygen atoms in total. The van der Waals surface area contributed by atoms with Crippen molar-refractivity contribution in [3.05, 3.63) is 46.0 Å². The van der Waals surface area contributed by atoms with Crippen LogP contribution >= 0.6 is 15.9 Å². The zero-order valence-electron chi connectivity index (χ0n) is 14.9. The number of likely N-dealkylation sites (tertiary alicyclic amines) is 1. The third-order valence-corrected chi connectivity index (χ3v) is 5.89. The number of imidazole rings is 1. The Morgan fingerprint density at radius 2 is 2.00 bits per heavy atom. The number of aromatic nitrogens is 4. The number of benzene rings is 1. The normalized spacial score (nSPS) is 15.9. The highest BCUT2D eigenvalue weighted by Crippen LogP contribution is 2.30. The molecule has 0 atom stereocenters. The number of rotatable bonds is 3. The minimum absolute atomic E-state index is 0.0110. The summed E-state index contributed by atoms with van der Waals surface area (Å²) in [6.07, 6.45) is 1.81. The number of H-pyrrole nitrogens is 2. The van der Waals surface area contributed by atoms with Crippen molar-refractivity contribution in [2.45, 2.75) is 38.5 Å². The van der Waals surface area contributed by atoms with Crippen LogP contribution in [0.5, 0.6) is 0 Å². The van der Waals surface area contributed by atoms with Crippen molar-refractivity contribution in [3.8, 4) is 0 Å². The van der Waals surface area contributed by atoms with Gasteiger partial charge in [-0.25, -0.2) is 4.98 Å². The van der Waals surface area contributed by atoms with E-state index < -0.39 is 0 Å². The third-order valence-electron chi connectivity index (χ3n) is 5.09. The Hall–Kier alpha value is -2.15. The van der Waals surface area contributed by atoms with E-state index in [2.05, 4.69) is 45.0 Å². The molecule has 3 heterocycles. The fourth-order valence-corrected chi connectivity index (χ4v) is 4.34. The van der Waals surface area contributed by atoms with Crippen LogP contribution in [0.15, 0.2) is 28.7 Å². The Kier molecular flexibility index (Phi) is 4.56. The van der Waals surface area contributed by atoms with E-state index in [1.807, 2.05) is 29.2 Å². The molecule has 1 aliphatic rings. The van der Waals surface area contributed by atoms with E-state index in [1.54, 1.807) is 0 Å². The van der Waals surface area contributed by atoms with Gasteiger partial charge in [0.2, 0.25) is 0 Å². The summed E-state index contributed by atoms with van der Waals surface area (Å²) in [5.74, 6) is 1.67. The van der Waals surface area contributed by atoms with Gasteiger partial charge >= 0.3 is 0 Å². The molecule has 3 aromatic rings. The van der Waals surface area contributed by atoms with Crippen LogP contribution in [0.3, 0.4) is 0 Å². The Labute approximate surface area is 160 Å². The van der Waals surface area contributed by atoms with Crippen LogP contribution in [0.25, 0.3) is 11.0 Å². The predicted molar refractivity (Wildman–Crippen MR) is 104 cm³/mol. The molecule has 2 N–H and O–H groups in total. The van der Waals surface area contributed by atoms with E-state index in [9.17, 15) is 4.79 Å². The molecular weight excluding hydrogens is 394 g/mol. The topological polar surface area (TPSA) is 77.7 Å². The lowest BCUT2D eigenvalue weighted by Gasteiger charge is -2.30. The van der Waals surface area contributed by atoms with Crippen molar-refractivity contribution in [3.63, 3.8) is 0 Å². The smallest absolute Gasteiger partial charge is 0.275 e. The maximum absolute atomic E-state index is 12.8. The van der Waals surface area contributed by atoms with Crippen molar-refractivity contribution in [1.29, 1.82) is 0 Å². The lowest BCUT2D eigenvalue weighted by Crippen LogP contribution is -2.38. The van der Waals surface area contributed by atoms with Gasteiger partial charge in [-0.05, 0) is 46.8 Å². The molecule has 0 bridgehead atoms. The first-order chi connectivity index (χ1) is 12.5. The number of nitrogens with one attached hydrogen (secondary N) is 2. The van der Waals surface area contributed by atoms with Crippen LogP contribution in [0.2, 0.25) is 0 Å². The summed E-state index contributed by atoms with van der Waals surface area (Å²) in [6.45, 7) is 5.59. The summed E-state index contributed by atoms with van der Waals surface area (Å²) in [7, 11) is 0. The van der Waals surface area contributed by atoms with Gasteiger partial charge in [0.1, 0.15) is 5.82 Å². The van der Waals surface area contributed by atoms with E-state index in [0.29, 0.717) is 11.6 Å². The second-order valence-corrected chi connectivity index (χ2v) is 7.95. The largest absolute Gasteiger partial charge is 0.342 e. The van der Waals surface area contributed by atoms with Gasteiger partial charge < -0.3 is 9.88 Å². The minimum Gasteiger partial charge on any atom is -0.342 e. The first-order valence-electron chi connectivity index (χ1n) is 9.02. The number of piperidine rings is 1. The summed E-state index contributed by atoms with van der Waals surface area (Å²) in [5.41, 5.74) is 3.52. The Bertz CT molecular complexity index is 903. The van der Waals surface area contributed by atoms with Crippen LogP contribution < -0.4 is 0 Å². The number of para-hydroxylation sites is 2. The molecule has 1 aliphatic heterocycles. The van der Waals surface area contributed by atoms with Crippen molar-refractivity contribution >= 4 is 32.9 Å². The summed E-state index contributed by atoms with van der Waals surface area (Å²) in [4.78, 5) is 22.9. The number of nitrogens with zero attached hydrogens (tertiary/aromatic N) is 3. The van der Waals surface area contributed by atoms with E-state index in [0.717, 1.165) is 53.0 Å². The molecule has 7 heteroatoms. The molecule has 1 amide bonds. The standard InChI is InChI=1S/C19H22BrN5O/c1-11(2)16-15(20)17(24-23-16)19(26)25-9-7-12(8-10-25)18-21-13-5-3-4-6-14(13)22-18/h3-6,11-12H,7-10H2,1-2H3,(H,21,22)(H,23,24). The first kappa shape index (κ1) is 17.3. The van der Waals surface area contributed by atoms with Gasteiger partial charge in [0.25, 0.3) is 5.91 Å². The summed E-state index contributed by atoms with van der Waals surface area (Å²) >= 11 is 3.53. The van der Waals surface area contributed by atoms with Gasteiger partial charge in [-0.2, -0.15) is 5.10 Å². The maximum atomic E-state index is 12.8. The predicted octanol–water partition coefficient (Wildman–Crippen LogP) is 4.19. The minimum atomic E-state index is -0.0110. The highest BCUT2D eigenvalue weighted by Gasteiger charge is 2.29. The SMILES string of the molecule is CC(C)c1[nH]nc(C(=O)N2CCC(c3nc4ccccc4[nH]3)CC2)c1Br. The van der Waals surface area contributed by atoms with E-state index in [-0.39, 0.29) is 11.8 Å². The number of carbonyl (C=O) groups is 1. The average Bonchev–Trinajstić information content (AvgIpc) is 3.24. The molecule has 0 aliphatic carbocycles. The zero-order chi connectivity index (χ0) is 18.3. The molecule has 0 radical (unpaired) electrons. The highest BCUT2D eigenvalue weighted by molar-refractivity contribution is 9.10. The second kappa shape index (κ2) is 6.87. The third kappa shape index (κ3) is 3.05. The Morgan fingerprint density at radius 1 is 1.27 bits per heavy atom. The molecule has 26 heavy (non-hydrogen) atoms. The molecular formula is C19H22BrN5O. The molecule has 136 valence electrons. The number of hydrogen-bond acceptors (Lipinski definition) is 3. The van der Waals surface area contributed by atoms with Crippen molar-refractivity contribution in [2.24, 2.45) is 0 Å². The van der Waals surface area contributed by atoms with Gasteiger partial charge in [-0.3, -0.25) is 9.89 Å². The lowest BCUT2D eigenvalue weighted by atomic mass is 9.96. The average molecular weight is 416 g/mol. The van der Waals surface area contributed by atoms with Gasteiger partial charge in [0.05, 0.1) is 21.2 Å². The van der Waals surface area contributed by atoms with E-state index >= 15 is 0 Å². The summed E-state index contributed by atoms with van der Waals surface area (Å²) in [6, 6.07) is 8.08. The van der Waals surface area contributed by atoms with Crippen LogP contribution in [-0.4, -0.2) is 44.1 Å². The van der Waals surface area contributed by atoms with E-state index in [4.69, 9.17) is 4.98 Å². The Morgan fingerprint density at radius 3 is 2.65 bits per heavy atom. The lowest BCUT2D eigenvalue weighted by molar-refractivity contribution is 0.0704. The fourth-order valence-electron chi connectivity index (χ4n) is 3.54. The first-order valence-corrected chi connectivity index (χ1v) is 9.81. The van der Waals surface area contributed by atoms with Crippen molar-refractivity contribution in [1.82, 2.24) is 25.1 Å². The molecule has 2 aromatic heterocycles. The van der Waals surface area contributed by atoms with Crippen LogP contribution in [0.1, 0.15) is 60.5 Å². The molecule has 0 spiro atoms. The summed E-state index contributed by atoms with van der Waals surface area (Å²) in [5, 5.41) is 7.22. The van der Waals surface area contributed by atoms with Crippen LogP contribution in [0.4, 0.5) is 0 Å².